The van der Waals surface area contributed by atoms with Crippen LogP contribution in [0.2, 0.25) is 0 Å². The first kappa shape index (κ1) is 24.7. The van der Waals surface area contributed by atoms with Crippen LogP contribution in [-0.2, 0) is 14.3 Å². The molecular weight excluding hydrogens is 478 g/mol. The second-order valence-electron chi connectivity index (χ2n) is 10.8. The average molecular weight is 512 g/mol. The molecule has 1 aliphatic carbocycles. The highest BCUT2D eigenvalue weighted by atomic mass is 32.1. The highest BCUT2D eigenvalue weighted by Crippen LogP contribution is 2.35. The highest BCUT2D eigenvalue weighted by Gasteiger charge is 2.32. The molecule has 3 heterocycles. The van der Waals surface area contributed by atoms with E-state index in [9.17, 15) is 9.59 Å². The Bertz CT molecular complexity index is 1140. The number of ether oxygens (including phenoxy) is 2. The summed E-state index contributed by atoms with van der Waals surface area (Å²) in [6, 6.07) is 7.44. The number of hydrogen-bond acceptors (Lipinski definition) is 8. The molecule has 2 aliphatic heterocycles. The summed E-state index contributed by atoms with van der Waals surface area (Å²) in [7, 11) is 0. The van der Waals surface area contributed by atoms with Crippen LogP contribution in [-0.4, -0.2) is 53.0 Å². The fourth-order valence-electron chi connectivity index (χ4n) is 4.46. The van der Waals surface area contributed by atoms with Crippen molar-refractivity contribution in [3.63, 3.8) is 0 Å². The maximum atomic E-state index is 12.7. The Labute approximate surface area is 215 Å². The van der Waals surface area contributed by atoms with E-state index in [0.717, 1.165) is 47.7 Å². The van der Waals surface area contributed by atoms with Gasteiger partial charge in [0.15, 0.2) is 6.10 Å². The van der Waals surface area contributed by atoms with Crippen LogP contribution in [0.1, 0.15) is 91.5 Å². The van der Waals surface area contributed by atoms with Crippen molar-refractivity contribution in [2.45, 2.75) is 70.5 Å². The van der Waals surface area contributed by atoms with Crippen molar-refractivity contribution in [2.75, 3.05) is 19.7 Å². The van der Waals surface area contributed by atoms with Gasteiger partial charge in [-0.2, -0.15) is 0 Å². The molecule has 0 bridgehead atoms. The van der Waals surface area contributed by atoms with Crippen molar-refractivity contribution in [1.29, 1.82) is 0 Å². The molecule has 8 nitrogen and oxygen atoms in total. The third-order valence-electron chi connectivity index (χ3n) is 6.66. The first-order valence-corrected chi connectivity index (χ1v) is 13.6. The first-order chi connectivity index (χ1) is 17.3. The Morgan fingerprint density at radius 3 is 2.61 bits per heavy atom. The first-order valence-electron chi connectivity index (χ1n) is 12.7. The third kappa shape index (κ3) is 5.88. The minimum Gasteiger partial charge on any atom is -0.462 e. The maximum Gasteiger partial charge on any atom is 0.410 e. The van der Waals surface area contributed by atoms with Crippen LogP contribution in [0.25, 0.3) is 0 Å². The summed E-state index contributed by atoms with van der Waals surface area (Å²) in [4.78, 5) is 37.4. The summed E-state index contributed by atoms with van der Waals surface area (Å²) in [5.41, 5.74) is 2.45. The summed E-state index contributed by atoms with van der Waals surface area (Å²) < 4.78 is 11.0. The van der Waals surface area contributed by atoms with Crippen LogP contribution in [0, 0.1) is 5.92 Å². The zero-order valence-corrected chi connectivity index (χ0v) is 21.9. The number of nitrogens with zero attached hydrogens (tertiary/aromatic N) is 3. The lowest BCUT2D eigenvalue weighted by Gasteiger charge is -2.32. The lowest BCUT2D eigenvalue weighted by molar-refractivity contribution is 0.0204. The molecule has 0 radical (unpaired) electrons. The van der Waals surface area contributed by atoms with Gasteiger partial charge in [0.1, 0.15) is 11.3 Å². The Balaban J connectivity index is 1.18. The molecular formula is C27H33N3O5S. The number of likely N-dealkylation sites (tertiary alicyclic amines) is 1. The minimum atomic E-state index is -0.489. The molecule has 3 aliphatic rings. The van der Waals surface area contributed by atoms with E-state index >= 15 is 0 Å². The molecule has 1 unspecified atom stereocenters. The number of hydrogen-bond donors (Lipinski definition) is 0. The molecule has 36 heavy (non-hydrogen) atoms. The predicted molar refractivity (Wildman–Crippen MR) is 136 cm³/mol. The average Bonchev–Trinajstić information content (AvgIpc) is 3.34. The predicted octanol–water partition coefficient (Wildman–Crippen LogP) is 5.69. The number of rotatable bonds is 6. The van der Waals surface area contributed by atoms with E-state index in [1.54, 1.807) is 22.3 Å². The van der Waals surface area contributed by atoms with Gasteiger partial charge in [-0.15, -0.1) is 11.3 Å². The lowest BCUT2D eigenvalue weighted by Crippen LogP contribution is -2.41. The van der Waals surface area contributed by atoms with E-state index < -0.39 is 5.60 Å². The number of aromatic nitrogens is 1. The molecule has 9 heteroatoms. The standard InChI is InChI=1S/C27H33N3O5S/c1-27(2,3)34-26(32)30-12-10-18(11-13-30)24-28-22(16-36-24)21-14-23(35-29-21)19-6-4-5-7-20(19)25(31)33-15-17-8-9-17/h4-7,16-18,23H,8-15H2,1-3H3. The number of esters is 1. The smallest absolute Gasteiger partial charge is 0.410 e. The molecule has 1 atom stereocenters. The van der Waals surface area contributed by atoms with Gasteiger partial charge in [-0.25, -0.2) is 14.6 Å². The van der Waals surface area contributed by atoms with Crippen molar-refractivity contribution in [1.82, 2.24) is 9.88 Å². The number of oxime groups is 1. The normalized spacial score (nSPS) is 20.6. The SMILES string of the molecule is CC(C)(C)OC(=O)N1CCC(c2nc(C3=NOC(c4ccccc4C(=O)OCC4CC4)C3)cs2)CC1. The van der Waals surface area contributed by atoms with E-state index in [2.05, 4.69) is 5.16 Å². The van der Waals surface area contributed by atoms with Gasteiger partial charge in [0.05, 0.1) is 22.9 Å². The van der Waals surface area contributed by atoms with E-state index in [1.807, 2.05) is 44.4 Å². The number of carbonyl (C=O) groups is 2. The molecule has 1 saturated carbocycles. The Morgan fingerprint density at radius 1 is 1.14 bits per heavy atom. The van der Waals surface area contributed by atoms with Crippen LogP contribution in [0.4, 0.5) is 4.79 Å². The van der Waals surface area contributed by atoms with Crippen LogP contribution in [0.15, 0.2) is 34.8 Å². The maximum absolute atomic E-state index is 12.7. The summed E-state index contributed by atoms with van der Waals surface area (Å²) in [5.74, 6) is 0.522. The molecule has 192 valence electrons. The third-order valence-corrected chi connectivity index (χ3v) is 7.66. The Morgan fingerprint density at radius 2 is 1.89 bits per heavy atom. The summed E-state index contributed by atoms with van der Waals surface area (Å²) >= 11 is 1.63. The van der Waals surface area contributed by atoms with Crippen LogP contribution < -0.4 is 0 Å². The zero-order chi connectivity index (χ0) is 25.3. The number of carbonyl (C=O) groups excluding carboxylic acids is 2. The zero-order valence-electron chi connectivity index (χ0n) is 21.1. The van der Waals surface area contributed by atoms with Gasteiger partial charge in [-0.3, -0.25) is 0 Å². The van der Waals surface area contributed by atoms with Crippen LogP contribution in [0.5, 0.6) is 0 Å². The van der Waals surface area contributed by atoms with Gasteiger partial charge in [0, 0.05) is 36.4 Å². The Hall–Kier alpha value is -2.94. The number of amides is 1. The van der Waals surface area contributed by atoms with E-state index in [4.69, 9.17) is 19.3 Å². The van der Waals surface area contributed by atoms with E-state index in [-0.39, 0.29) is 18.2 Å². The minimum absolute atomic E-state index is 0.249. The fraction of sp³-hybridized carbons (Fsp3) is 0.556. The van der Waals surface area contributed by atoms with Gasteiger partial charge in [-0.05, 0) is 58.4 Å². The summed E-state index contributed by atoms with van der Waals surface area (Å²) in [5, 5.41) is 7.40. The van der Waals surface area contributed by atoms with Crippen LogP contribution >= 0.6 is 11.3 Å². The molecule has 0 N–H and O–H groups in total. The summed E-state index contributed by atoms with van der Waals surface area (Å²) in [6.07, 6.45) is 3.94. The van der Waals surface area contributed by atoms with Crippen LogP contribution in [0.3, 0.4) is 0 Å². The van der Waals surface area contributed by atoms with Crippen molar-refractivity contribution >= 4 is 29.1 Å². The molecule has 1 aromatic heterocycles. The molecule has 2 fully saturated rings. The fourth-order valence-corrected chi connectivity index (χ4v) is 5.46. The molecule has 1 saturated heterocycles. The number of benzene rings is 1. The van der Waals surface area contributed by atoms with Crippen molar-refractivity contribution in [3.05, 3.63) is 51.5 Å². The van der Waals surface area contributed by atoms with Gasteiger partial charge in [-0.1, -0.05) is 23.4 Å². The van der Waals surface area contributed by atoms with Crippen molar-refractivity contribution in [2.24, 2.45) is 11.1 Å². The second-order valence-corrected chi connectivity index (χ2v) is 11.7. The second kappa shape index (κ2) is 10.2. The van der Waals surface area contributed by atoms with E-state index in [1.165, 1.54) is 0 Å². The van der Waals surface area contributed by atoms with Crippen molar-refractivity contribution < 1.29 is 23.9 Å². The topological polar surface area (TPSA) is 90.3 Å². The lowest BCUT2D eigenvalue weighted by atomic mass is 9.97. The largest absolute Gasteiger partial charge is 0.462 e. The monoisotopic (exact) mass is 511 g/mol. The van der Waals surface area contributed by atoms with Gasteiger partial charge < -0.3 is 19.2 Å². The Kier molecular flexibility index (Phi) is 7.01. The highest BCUT2D eigenvalue weighted by molar-refractivity contribution is 7.10. The molecule has 1 amide bonds. The quantitative estimate of drug-likeness (QED) is 0.463. The number of thiazole rings is 1. The van der Waals surface area contributed by atoms with Crippen molar-refractivity contribution in [3.8, 4) is 0 Å². The van der Waals surface area contributed by atoms with Gasteiger partial charge in [0.2, 0.25) is 0 Å². The van der Waals surface area contributed by atoms with E-state index in [0.29, 0.717) is 43.5 Å². The molecule has 2 aromatic rings. The van der Waals surface area contributed by atoms with Gasteiger partial charge >= 0.3 is 12.1 Å². The number of piperidine rings is 1. The molecule has 1 aromatic carbocycles. The molecule has 0 spiro atoms. The summed E-state index contributed by atoms with van der Waals surface area (Å²) in [6.45, 7) is 7.46. The van der Waals surface area contributed by atoms with Gasteiger partial charge in [0.25, 0.3) is 0 Å². The molecule has 5 rings (SSSR count).